The predicted octanol–water partition coefficient (Wildman–Crippen LogP) is -1.77. The van der Waals surface area contributed by atoms with Crippen molar-refractivity contribution in [3.63, 3.8) is 0 Å². The first kappa shape index (κ1) is 11.0. The normalized spacial score (nSPS) is 8.42. The zero-order chi connectivity index (χ0) is 8.27. The summed E-state index contributed by atoms with van der Waals surface area (Å²) in [5, 5.41) is 0. The number of rotatable bonds is 1. The highest BCUT2D eigenvalue weighted by Crippen LogP contribution is 1.97. The number of hydrogen-bond acceptors (Lipinski definition) is 0. The number of aromatic nitrogens is 1. The Morgan fingerprint density at radius 3 is 2.75 bits per heavy atom. The minimum absolute atomic E-state index is 0. The van der Waals surface area contributed by atoms with E-state index in [0.29, 0.717) is 6.54 Å². The van der Waals surface area contributed by atoms with Gasteiger partial charge in [-0.1, -0.05) is 0 Å². The van der Waals surface area contributed by atoms with Crippen LogP contribution in [0.25, 0.3) is 0 Å². The van der Waals surface area contributed by atoms with E-state index >= 15 is 0 Å². The molecule has 12 heavy (non-hydrogen) atoms. The van der Waals surface area contributed by atoms with Crippen LogP contribution in [0.5, 0.6) is 0 Å². The van der Waals surface area contributed by atoms with Gasteiger partial charge in [-0.05, 0) is 18.9 Å². The molecule has 1 nitrogen and oxygen atoms in total. The Balaban J connectivity index is 0.00000121. The van der Waals surface area contributed by atoms with Gasteiger partial charge in [0.05, 0.1) is 0 Å². The second-order valence-electron chi connectivity index (χ2n) is 2.61. The van der Waals surface area contributed by atoms with E-state index in [9.17, 15) is 0 Å². The molecule has 0 aliphatic carbocycles. The molecule has 1 rings (SSSR count). The number of pyridine rings is 1. The molecule has 64 valence electrons. The van der Waals surface area contributed by atoms with Gasteiger partial charge in [0, 0.05) is 18.6 Å². The van der Waals surface area contributed by atoms with Gasteiger partial charge in [-0.2, -0.15) is 4.57 Å². The molecule has 1 aromatic heterocycles. The summed E-state index contributed by atoms with van der Waals surface area (Å²) in [6.07, 6.45) is 7.21. The van der Waals surface area contributed by atoms with Gasteiger partial charge in [0.25, 0.3) is 0 Å². The lowest BCUT2D eigenvalue weighted by Crippen LogP contribution is -3.00. The molecule has 0 bridgehead atoms. The fourth-order valence-electron chi connectivity index (χ4n) is 1.02. The molecule has 0 aromatic carbocycles. The molecule has 0 radical (unpaired) electrons. The van der Waals surface area contributed by atoms with Gasteiger partial charge in [0.1, 0.15) is 0 Å². The number of aryl methyl sites for hydroxylation is 1. The summed E-state index contributed by atoms with van der Waals surface area (Å²) in [5.74, 6) is 2.62. The highest BCUT2D eigenvalue weighted by Gasteiger charge is 2.04. The third-order valence-corrected chi connectivity index (χ3v) is 1.88. The maximum absolute atomic E-state index is 5.21. The molecule has 0 spiro atoms. The lowest BCUT2D eigenvalue weighted by Gasteiger charge is -1.97. The van der Waals surface area contributed by atoms with Crippen molar-refractivity contribution < 1.29 is 17.0 Å². The molecule has 2 heteroatoms. The SMILES string of the molecule is C#CC[n+]1cccc(C)c1C.[Cl-]. The Bertz CT molecular complexity index is 299. The Labute approximate surface area is 79.8 Å². The van der Waals surface area contributed by atoms with Crippen LogP contribution in [0.1, 0.15) is 11.3 Å². The maximum atomic E-state index is 5.21. The standard InChI is InChI=1S/C10H12N.ClH/c1-4-7-11-8-5-6-9(2)10(11)3;/h1,5-6,8H,7H2,2-3H3;1H/q+1;/p-1. The number of hydrogen-bond donors (Lipinski definition) is 0. The van der Waals surface area contributed by atoms with Crippen LogP contribution in [0.4, 0.5) is 0 Å². The van der Waals surface area contributed by atoms with Gasteiger partial charge in [-0.25, -0.2) is 0 Å². The minimum Gasteiger partial charge on any atom is -1.00 e. The summed E-state index contributed by atoms with van der Waals surface area (Å²) in [7, 11) is 0. The summed E-state index contributed by atoms with van der Waals surface area (Å²) in [5.41, 5.74) is 2.52. The maximum Gasteiger partial charge on any atom is 0.209 e. The summed E-state index contributed by atoms with van der Waals surface area (Å²) in [4.78, 5) is 0. The number of terminal acetylenes is 1. The fourth-order valence-corrected chi connectivity index (χ4v) is 1.02. The monoisotopic (exact) mass is 181 g/mol. The van der Waals surface area contributed by atoms with E-state index < -0.39 is 0 Å². The summed E-state index contributed by atoms with van der Waals surface area (Å²) < 4.78 is 2.06. The molecule has 0 atom stereocenters. The second-order valence-corrected chi connectivity index (χ2v) is 2.61. The molecule has 0 fully saturated rings. The lowest BCUT2D eigenvalue weighted by atomic mass is 10.2. The molecule has 0 saturated heterocycles. The van der Waals surface area contributed by atoms with Gasteiger partial charge in [-0.15, -0.1) is 6.42 Å². The first-order valence-corrected chi connectivity index (χ1v) is 3.65. The van der Waals surface area contributed by atoms with Gasteiger partial charge in [0.2, 0.25) is 6.54 Å². The summed E-state index contributed by atoms with van der Waals surface area (Å²) in [6.45, 7) is 4.82. The van der Waals surface area contributed by atoms with E-state index in [4.69, 9.17) is 6.42 Å². The molecule has 1 aromatic rings. The molecule has 0 amide bonds. The Hall–Kier alpha value is -1.00. The molecule has 1 heterocycles. The van der Waals surface area contributed by atoms with Crippen LogP contribution in [-0.4, -0.2) is 0 Å². The van der Waals surface area contributed by atoms with Gasteiger partial charge < -0.3 is 12.4 Å². The van der Waals surface area contributed by atoms with Gasteiger partial charge in [0.15, 0.2) is 11.9 Å². The van der Waals surface area contributed by atoms with Crippen molar-refractivity contribution in [2.24, 2.45) is 0 Å². The van der Waals surface area contributed by atoms with E-state index in [1.807, 2.05) is 12.3 Å². The Morgan fingerprint density at radius 1 is 1.50 bits per heavy atom. The molecular weight excluding hydrogens is 170 g/mol. The highest BCUT2D eigenvalue weighted by molar-refractivity contribution is 5.11. The molecule has 0 aliphatic heterocycles. The average molecular weight is 182 g/mol. The zero-order valence-corrected chi connectivity index (χ0v) is 8.10. The highest BCUT2D eigenvalue weighted by atomic mass is 35.5. The third-order valence-electron chi connectivity index (χ3n) is 1.88. The van der Waals surface area contributed by atoms with Crippen LogP contribution in [-0.2, 0) is 6.54 Å². The van der Waals surface area contributed by atoms with Gasteiger partial charge >= 0.3 is 0 Å². The first-order chi connectivity index (χ1) is 5.25. The topological polar surface area (TPSA) is 3.88 Å². The number of halogens is 1. The van der Waals surface area contributed by atoms with Crippen LogP contribution < -0.4 is 17.0 Å². The second kappa shape index (κ2) is 4.79. The molecule has 0 saturated carbocycles. The van der Waals surface area contributed by atoms with Crippen LogP contribution in [0.2, 0.25) is 0 Å². The first-order valence-electron chi connectivity index (χ1n) is 3.65. The fraction of sp³-hybridized carbons (Fsp3) is 0.300. The molecular formula is C10H12ClN. The smallest absolute Gasteiger partial charge is 0.209 e. The number of nitrogens with zero attached hydrogens (tertiary/aromatic N) is 1. The van der Waals surface area contributed by atoms with Crippen molar-refractivity contribution in [1.82, 2.24) is 0 Å². The van der Waals surface area contributed by atoms with E-state index in [2.05, 4.69) is 30.4 Å². The third kappa shape index (κ3) is 2.25. The zero-order valence-electron chi connectivity index (χ0n) is 7.34. The average Bonchev–Trinajstić information content (AvgIpc) is 1.99. The minimum atomic E-state index is 0. The van der Waals surface area contributed by atoms with Crippen molar-refractivity contribution in [2.45, 2.75) is 20.4 Å². The largest absolute Gasteiger partial charge is 1.00 e. The van der Waals surface area contributed by atoms with Crippen molar-refractivity contribution in [2.75, 3.05) is 0 Å². The molecule has 0 unspecified atom stereocenters. The van der Waals surface area contributed by atoms with Crippen molar-refractivity contribution in [1.29, 1.82) is 0 Å². The van der Waals surface area contributed by atoms with Crippen LogP contribution in [0.15, 0.2) is 18.3 Å². The lowest BCUT2D eigenvalue weighted by molar-refractivity contribution is -0.691. The molecule has 0 aliphatic rings. The molecule has 0 N–H and O–H groups in total. The summed E-state index contributed by atoms with van der Waals surface area (Å²) >= 11 is 0. The van der Waals surface area contributed by atoms with Crippen LogP contribution in [0.3, 0.4) is 0 Å². The Morgan fingerprint density at radius 2 is 2.17 bits per heavy atom. The van der Waals surface area contributed by atoms with E-state index in [1.165, 1.54) is 11.3 Å². The quantitative estimate of drug-likeness (QED) is 0.357. The van der Waals surface area contributed by atoms with Crippen molar-refractivity contribution in [3.05, 3.63) is 29.6 Å². The van der Waals surface area contributed by atoms with E-state index in [0.717, 1.165) is 0 Å². The van der Waals surface area contributed by atoms with Crippen molar-refractivity contribution >= 4 is 0 Å². The van der Waals surface area contributed by atoms with Crippen LogP contribution >= 0.6 is 0 Å². The van der Waals surface area contributed by atoms with Gasteiger partial charge in [-0.3, -0.25) is 0 Å². The van der Waals surface area contributed by atoms with Crippen LogP contribution in [0, 0.1) is 26.2 Å². The van der Waals surface area contributed by atoms with E-state index in [1.54, 1.807) is 0 Å². The predicted molar refractivity (Wildman–Crippen MR) is 44.9 cm³/mol. The van der Waals surface area contributed by atoms with E-state index in [-0.39, 0.29) is 12.4 Å². The van der Waals surface area contributed by atoms with Crippen molar-refractivity contribution in [3.8, 4) is 12.3 Å². The summed E-state index contributed by atoms with van der Waals surface area (Å²) in [6, 6.07) is 4.10. The Kier molecular flexibility index (Phi) is 4.39.